The van der Waals surface area contributed by atoms with Crippen molar-refractivity contribution in [3.05, 3.63) is 35.5 Å². The van der Waals surface area contributed by atoms with Gasteiger partial charge in [-0.1, -0.05) is 13.0 Å². The fourth-order valence-electron chi connectivity index (χ4n) is 2.61. The first-order chi connectivity index (χ1) is 9.72. The molecule has 4 nitrogen and oxygen atoms in total. The van der Waals surface area contributed by atoms with Gasteiger partial charge in [-0.15, -0.1) is 0 Å². The van der Waals surface area contributed by atoms with Crippen LogP contribution in [-0.4, -0.2) is 12.6 Å². The van der Waals surface area contributed by atoms with E-state index in [2.05, 4.69) is 12.2 Å². The molecule has 1 N–H and O–H groups in total. The third-order valence-electron chi connectivity index (χ3n) is 3.81. The van der Waals surface area contributed by atoms with E-state index in [1.165, 1.54) is 0 Å². The highest BCUT2D eigenvalue weighted by Gasteiger charge is 2.20. The standard InChI is InChI=1S/C16H19NO3/c1-11-2-4-14(18)13(6-11)9-17-8-12-3-5-15-16(7-12)20-10-19-15/h3,5,7,9,11,17H,2,4,6,8,10H2,1H3/b13-9+/t11-/m0/s1. The number of benzene rings is 1. The highest BCUT2D eigenvalue weighted by Crippen LogP contribution is 2.32. The van der Waals surface area contributed by atoms with E-state index in [-0.39, 0.29) is 5.78 Å². The van der Waals surface area contributed by atoms with Gasteiger partial charge in [0.05, 0.1) is 0 Å². The molecule has 0 aromatic heterocycles. The molecule has 1 aromatic rings. The van der Waals surface area contributed by atoms with Crippen LogP contribution in [0.4, 0.5) is 0 Å². The molecule has 0 bridgehead atoms. The maximum atomic E-state index is 11.8. The number of carbonyl (C=O) groups excluding carboxylic acids is 1. The molecule has 0 radical (unpaired) electrons. The second kappa shape index (κ2) is 5.57. The number of carbonyl (C=O) groups is 1. The first-order valence-electron chi connectivity index (χ1n) is 7.06. The van der Waals surface area contributed by atoms with Gasteiger partial charge < -0.3 is 14.8 Å². The Hall–Kier alpha value is -1.97. The van der Waals surface area contributed by atoms with Crippen LogP contribution >= 0.6 is 0 Å². The molecule has 1 aromatic carbocycles. The predicted molar refractivity (Wildman–Crippen MR) is 75.5 cm³/mol. The van der Waals surface area contributed by atoms with Crippen molar-refractivity contribution in [1.82, 2.24) is 5.32 Å². The van der Waals surface area contributed by atoms with Crippen LogP contribution in [0.15, 0.2) is 30.0 Å². The quantitative estimate of drug-likeness (QED) is 0.860. The lowest BCUT2D eigenvalue weighted by Gasteiger charge is -2.19. The van der Waals surface area contributed by atoms with Crippen molar-refractivity contribution in [2.24, 2.45) is 5.92 Å². The topological polar surface area (TPSA) is 47.6 Å². The maximum Gasteiger partial charge on any atom is 0.231 e. The van der Waals surface area contributed by atoms with E-state index in [9.17, 15) is 4.79 Å². The van der Waals surface area contributed by atoms with Crippen LogP contribution in [0.2, 0.25) is 0 Å². The van der Waals surface area contributed by atoms with E-state index >= 15 is 0 Å². The molecular weight excluding hydrogens is 254 g/mol. The van der Waals surface area contributed by atoms with E-state index in [1.54, 1.807) is 0 Å². The molecule has 106 valence electrons. The fraction of sp³-hybridized carbons (Fsp3) is 0.438. The largest absolute Gasteiger partial charge is 0.454 e. The lowest BCUT2D eigenvalue weighted by atomic mass is 9.86. The summed E-state index contributed by atoms with van der Waals surface area (Å²) in [6.07, 6.45) is 4.45. The first kappa shape index (κ1) is 13.0. The minimum Gasteiger partial charge on any atom is -0.454 e. The summed E-state index contributed by atoms with van der Waals surface area (Å²) in [7, 11) is 0. The van der Waals surface area contributed by atoms with Gasteiger partial charge >= 0.3 is 0 Å². The van der Waals surface area contributed by atoms with Crippen molar-refractivity contribution in [2.75, 3.05) is 6.79 Å². The highest BCUT2D eigenvalue weighted by molar-refractivity contribution is 5.95. The van der Waals surface area contributed by atoms with E-state index < -0.39 is 0 Å². The summed E-state index contributed by atoms with van der Waals surface area (Å²) in [6, 6.07) is 5.89. The van der Waals surface area contributed by atoms with Crippen molar-refractivity contribution < 1.29 is 14.3 Å². The SMILES string of the molecule is C[C@H]1CCC(=O)/C(=C/NCc2ccc3c(c2)OCO3)C1. The van der Waals surface area contributed by atoms with Crippen molar-refractivity contribution in [2.45, 2.75) is 32.7 Å². The van der Waals surface area contributed by atoms with Gasteiger partial charge in [0.25, 0.3) is 0 Å². The maximum absolute atomic E-state index is 11.8. The molecule has 1 atom stereocenters. The van der Waals surface area contributed by atoms with Gasteiger partial charge in [0, 0.05) is 24.7 Å². The summed E-state index contributed by atoms with van der Waals surface area (Å²) in [5.74, 6) is 2.47. The lowest BCUT2D eigenvalue weighted by Crippen LogP contribution is -2.17. The molecule has 20 heavy (non-hydrogen) atoms. The van der Waals surface area contributed by atoms with E-state index in [1.807, 2.05) is 24.4 Å². The van der Waals surface area contributed by atoms with Crippen LogP contribution < -0.4 is 14.8 Å². The minimum atomic E-state index is 0.279. The second-order valence-corrected chi connectivity index (χ2v) is 5.51. The average molecular weight is 273 g/mol. The molecule has 1 fully saturated rings. The van der Waals surface area contributed by atoms with E-state index in [0.717, 1.165) is 35.5 Å². The van der Waals surface area contributed by atoms with Crippen molar-refractivity contribution in [1.29, 1.82) is 0 Å². The number of Topliss-reactive ketones (excluding diaryl/α,β-unsaturated/α-hetero) is 1. The zero-order chi connectivity index (χ0) is 13.9. The Balaban J connectivity index is 1.60. The summed E-state index contributed by atoms with van der Waals surface area (Å²) in [5, 5.41) is 3.23. The van der Waals surface area contributed by atoms with Gasteiger partial charge in [-0.2, -0.15) is 0 Å². The van der Waals surface area contributed by atoms with Crippen LogP contribution in [0, 0.1) is 5.92 Å². The molecule has 2 aliphatic rings. The van der Waals surface area contributed by atoms with Crippen LogP contribution in [0.5, 0.6) is 11.5 Å². The number of rotatable bonds is 3. The number of ether oxygens (including phenoxy) is 2. The van der Waals surface area contributed by atoms with Crippen LogP contribution in [0.3, 0.4) is 0 Å². The molecule has 0 amide bonds. The molecule has 0 spiro atoms. The normalized spacial score (nSPS) is 23.1. The van der Waals surface area contributed by atoms with Crippen molar-refractivity contribution in [3.63, 3.8) is 0 Å². The summed E-state index contributed by atoms with van der Waals surface area (Å²) in [5.41, 5.74) is 2.03. The molecular formula is C16H19NO3. The second-order valence-electron chi connectivity index (χ2n) is 5.51. The number of hydrogen-bond donors (Lipinski definition) is 1. The Morgan fingerprint density at radius 2 is 2.20 bits per heavy atom. The monoisotopic (exact) mass is 273 g/mol. The number of fused-ring (bicyclic) bond motifs is 1. The van der Waals surface area contributed by atoms with Gasteiger partial charge in [0.15, 0.2) is 17.3 Å². The Bertz CT molecular complexity index is 551. The molecule has 1 aliphatic heterocycles. The van der Waals surface area contributed by atoms with Gasteiger partial charge in [-0.05, 0) is 36.5 Å². The fourth-order valence-corrected chi connectivity index (χ4v) is 2.61. The summed E-state index contributed by atoms with van der Waals surface area (Å²) in [6.45, 7) is 3.17. The minimum absolute atomic E-state index is 0.279. The smallest absolute Gasteiger partial charge is 0.231 e. The van der Waals surface area contributed by atoms with E-state index in [0.29, 0.717) is 25.7 Å². The third kappa shape index (κ3) is 2.79. The summed E-state index contributed by atoms with van der Waals surface area (Å²) in [4.78, 5) is 11.8. The third-order valence-corrected chi connectivity index (χ3v) is 3.81. The Labute approximate surface area is 118 Å². The zero-order valence-corrected chi connectivity index (χ0v) is 11.6. The molecule has 4 heteroatoms. The number of ketones is 1. The van der Waals surface area contributed by atoms with Crippen molar-refractivity contribution in [3.8, 4) is 11.5 Å². The number of nitrogens with one attached hydrogen (secondary N) is 1. The van der Waals surface area contributed by atoms with Gasteiger partial charge in [0.2, 0.25) is 6.79 Å². The van der Waals surface area contributed by atoms with Crippen LogP contribution in [0.1, 0.15) is 31.7 Å². The Morgan fingerprint density at radius 3 is 3.10 bits per heavy atom. The highest BCUT2D eigenvalue weighted by atomic mass is 16.7. The average Bonchev–Trinajstić information content (AvgIpc) is 2.90. The van der Waals surface area contributed by atoms with E-state index in [4.69, 9.17) is 9.47 Å². The Kier molecular flexibility index (Phi) is 3.63. The van der Waals surface area contributed by atoms with Crippen LogP contribution in [-0.2, 0) is 11.3 Å². The van der Waals surface area contributed by atoms with Crippen molar-refractivity contribution >= 4 is 5.78 Å². The van der Waals surface area contributed by atoms with Crippen LogP contribution in [0.25, 0.3) is 0 Å². The van der Waals surface area contributed by atoms with Gasteiger partial charge in [-0.3, -0.25) is 4.79 Å². The predicted octanol–water partition coefficient (Wildman–Crippen LogP) is 2.78. The van der Waals surface area contributed by atoms with Gasteiger partial charge in [-0.25, -0.2) is 0 Å². The first-order valence-corrected chi connectivity index (χ1v) is 7.06. The molecule has 1 saturated carbocycles. The number of allylic oxidation sites excluding steroid dienone is 1. The molecule has 0 unspecified atom stereocenters. The lowest BCUT2D eigenvalue weighted by molar-refractivity contribution is -0.117. The molecule has 1 aliphatic carbocycles. The summed E-state index contributed by atoms with van der Waals surface area (Å²) < 4.78 is 10.6. The number of hydrogen-bond acceptors (Lipinski definition) is 4. The molecule has 3 rings (SSSR count). The Morgan fingerprint density at radius 1 is 1.35 bits per heavy atom. The van der Waals surface area contributed by atoms with Gasteiger partial charge in [0.1, 0.15) is 0 Å². The summed E-state index contributed by atoms with van der Waals surface area (Å²) >= 11 is 0. The molecule has 1 heterocycles. The molecule has 0 saturated heterocycles. The zero-order valence-electron chi connectivity index (χ0n) is 11.6.